The molecule has 3 heterocycles. The number of nitrogens with zero attached hydrogens (tertiary/aromatic N) is 2. The number of carboxylic acid groups (broad SMARTS) is 1. The van der Waals surface area contributed by atoms with Gasteiger partial charge in [0.15, 0.2) is 0 Å². The van der Waals surface area contributed by atoms with Crippen LogP contribution >= 0.6 is 0 Å². The number of pyridine rings is 1. The Morgan fingerprint density at radius 1 is 1.25 bits per heavy atom. The van der Waals surface area contributed by atoms with E-state index in [4.69, 9.17) is 5.11 Å². The molecule has 1 saturated carbocycles. The number of carbonyl (C=O) groups excluding carboxylic acids is 2. The van der Waals surface area contributed by atoms with Gasteiger partial charge in [0, 0.05) is 31.3 Å². The number of aliphatic carboxylic acids is 1. The summed E-state index contributed by atoms with van der Waals surface area (Å²) in [5, 5.41) is 11.7. The van der Waals surface area contributed by atoms with Crippen LogP contribution in [0.4, 0.5) is 5.82 Å². The number of carbonyl (C=O) groups is 3. The van der Waals surface area contributed by atoms with Crippen LogP contribution in [0.2, 0.25) is 0 Å². The summed E-state index contributed by atoms with van der Waals surface area (Å²) < 4.78 is 0. The molecule has 0 atom stereocenters. The van der Waals surface area contributed by atoms with Gasteiger partial charge in [-0.15, -0.1) is 0 Å². The van der Waals surface area contributed by atoms with Crippen molar-refractivity contribution in [3.05, 3.63) is 29.5 Å². The molecule has 2 N–H and O–H groups in total. The van der Waals surface area contributed by atoms with Gasteiger partial charge in [0.1, 0.15) is 5.82 Å². The zero-order valence-electron chi connectivity index (χ0n) is 15.8. The lowest BCUT2D eigenvalue weighted by Crippen LogP contribution is -2.52. The minimum Gasteiger partial charge on any atom is -0.478 e. The highest BCUT2D eigenvalue weighted by molar-refractivity contribution is 5.98. The molecule has 148 valence electrons. The molecule has 1 aromatic rings. The summed E-state index contributed by atoms with van der Waals surface area (Å²) in [6.07, 6.45) is 10.3. The molecular formula is C21H25N3O4. The van der Waals surface area contributed by atoms with E-state index in [1.54, 1.807) is 6.20 Å². The van der Waals surface area contributed by atoms with Crippen LogP contribution in [-0.4, -0.2) is 45.9 Å². The fourth-order valence-electron chi connectivity index (χ4n) is 4.71. The number of amides is 2. The van der Waals surface area contributed by atoms with Gasteiger partial charge in [0.05, 0.1) is 5.41 Å². The molecular weight excluding hydrogens is 358 g/mol. The van der Waals surface area contributed by atoms with Gasteiger partial charge >= 0.3 is 5.97 Å². The third-order valence-electron chi connectivity index (χ3n) is 6.39. The Hall–Kier alpha value is -2.70. The largest absolute Gasteiger partial charge is 0.478 e. The van der Waals surface area contributed by atoms with Crippen LogP contribution in [0.3, 0.4) is 0 Å². The van der Waals surface area contributed by atoms with Crippen molar-refractivity contribution in [1.29, 1.82) is 0 Å². The lowest BCUT2D eigenvalue weighted by Gasteiger charge is -2.43. The van der Waals surface area contributed by atoms with Gasteiger partial charge < -0.3 is 15.3 Å². The van der Waals surface area contributed by atoms with E-state index in [0.717, 1.165) is 37.3 Å². The molecule has 1 spiro atoms. The lowest BCUT2D eigenvalue weighted by molar-refractivity contribution is -0.141. The predicted octanol–water partition coefficient (Wildman–Crippen LogP) is 2.47. The molecule has 1 aromatic heterocycles. The fraction of sp³-hybridized carbons (Fsp3) is 0.524. The van der Waals surface area contributed by atoms with E-state index in [-0.39, 0.29) is 17.7 Å². The minimum atomic E-state index is -1.01. The van der Waals surface area contributed by atoms with E-state index in [9.17, 15) is 14.4 Å². The Morgan fingerprint density at radius 3 is 2.64 bits per heavy atom. The lowest BCUT2D eigenvalue weighted by atomic mass is 9.71. The number of likely N-dealkylation sites (tertiary alicyclic amines) is 1. The van der Waals surface area contributed by atoms with Gasteiger partial charge in [-0.1, -0.05) is 12.8 Å². The van der Waals surface area contributed by atoms with E-state index in [2.05, 4.69) is 10.3 Å². The Kier molecular flexibility index (Phi) is 4.91. The molecule has 2 fully saturated rings. The Bertz CT molecular complexity index is 834. The first kappa shape index (κ1) is 18.7. The first-order valence-electron chi connectivity index (χ1n) is 9.97. The van der Waals surface area contributed by atoms with Gasteiger partial charge in [-0.05, 0) is 55.4 Å². The van der Waals surface area contributed by atoms with Gasteiger partial charge in [-0.2, -0.15) is 0 Å². The highest BCUT2D eigenvalue weighted by atomic mass is 16.4. The van der Waals surface area contributed by atoms with Crippen LogP contribution < -0.4 is 5.32 Å². The number of hydrogen-bond acceptors (Lipinski definition) is 4. The van der Waals surface area contributed by atoms with Gasteiger partial charge in [0.25, 0.3) is 0 Å². The molecule has 0 bridgehead atoms. The van der Waals surface area contributed by atoms with Crippen LogP contribution in [0.1, 0.15) is 49.7 Å². The predicted molar refractivity (Wildman–Crippen MR) is 103 cm³/mol. The summed E-state index contributed by atoms with van der Waals surface area (Å²) in [7, 11) is 0. The number of fused-ring (bicyclic) bond motifs is 1. The third-order valence-corrected chi connectivity index (χ3v) is 6.39. The van der Waals surface area contributed by atoms with Crippen molar-refractivity contribution in [3.63, 3.8) is 0 Å². The van der Waals surface area contributed by atoms with E-state index in [1.807, 2.05) is 11.0 Å². The molecule has 3 aliphatic rings. The summed E-state index contributed by atoms with van der Waals surface area (Å²) in [6, 6.07) is 1.89. The second kappa shape index (κ2) is 7.37. The van der Waals surface area contributed by atoms with Crippen molar-refractivity contribution in [2.45, 2.75) is 44.9 Å². The molecule has 7 nitrogen and oxygen atoms in total. The van der Waals surface area contributed by atoms with E-state index >= 15 is 0 Å². The summed E-state index contributed by atoms with van der Waals surface area (Å²) in [5.74, 6) is -0.0573. The average molecular weight is 383 g/mol. The second-order valence-corrected chi connectivity index (χ2v) is 8.17. The normalized spacial score (nSPS) is 21.7. The van der Waals surface area contributed by atoms with E-state index < -0.39 is 11.4 Å². The maximum Gasteiger partial charge on any atom is 0.328 e. The maximum absolute atomic E-state index is 12.8. The summed E-state index contributed by atoms with van der Waals surface area (Å²) in [5.41, 5.74) is 1.10. The average Bonchev–Trinajstić information content (AvgIpc) is 3.22. The Balaban J connectivity index is 1.48. The smallest absolute Gasteiger partial charge is 0.328 e. The van der Waals surface area contributed by atoms with Crippen LogP contribution in [0, 0.1) is 11.3 Å². The number of anilines is 1. The number of rotatable bonds is 3. The molecule has 7 heteroatoms. The summed E-state index contributed by atoms with van der Waals surface area (Å²) in [4.78, 5) is 42.5. The molecule has 2 amide bonds. The van der Waals surface area contributed by atoms with Crippen molar-refractivity contribution in [3.8, 4) is 0 Å². The highest BCUT2D eigenvalue weighted by Crippen LogP contribution is 2.42. The monoisotopic (exact) mass is 383 g/mol. The quantitative estimate of drug-likeness (QED) is 0.781. The van der Waals surface area contributed by atoms with Gasteiger partial charge in [0.2, 0.25) is 11.8 Å². The SMILES string of the molecule is O=C(O)/C=C/c1cnc2c(c1)CC1(CCN(C(=O)C3CCCC3)CC1)C(=O)N2. The minimum absolute atomic E-state index is 0.0192. The highest BCUT2D eigenvalue weighted by Gasteiger charge is 2.46. The third kappa shape index (κ3) is 3.53. The second-order valence-electron chi connectivity index (χ2n) is 8.17. The molecule has 1 saturated heterocycles. The van der Waals surface area contributed by atoms with Crippen molar-refractivity contribution >= 4 is 29.7 Å². The van der Waals surface area contributed by atoms with Crippen LogP contribution in [0.15, 0.2) is 18.3 Å². The van der Waals surface area contributed by atoms with Gasteiger partial charge in [-0.3, -0.25) is 9.59 Å². The maximum atomic E-state index is 12.8. The molecule has 0 unspecified atom stereocenters. The Labute approximate surface area is 163 Å². The number of aromatic nitrogens is 1. The summed E-state index contributed by atoms with van der Waals surface area (Å²) in [6.45, 7) is 1.23. The zero-order valence-corrected chi connectivity index (χ0v) is 15.8. The molecule has 0 aromatic carbocycles. The van der Waals surface area contributed by atoms with Crippen molar-refractivity contribution < 1.29 is 19.5 Å². The molecule has 4 rings (SSSR count). The van der Waals surface area contributed by atoms with Gasteiger partial charge in [-0.25, -0.2) is 9.78 Å². The number of nitrogens with one attached hydrogen (secondary N) is 1. The van der Waals surface area contributed by atoms with Crippen molar-refractivity contribution in [2.24, 2.45) is 11.3 Å². The van der Waals surface area contributed by atoms with E-state index in [0.29, 0.717) is 43.7 Å². The molecule has 28 heavy (non-hydrogen) atoms. The zero-order chi connectivity index (χ0) is 19.7. The van der Waals surface area contributed by atoms with Crippen LogP contribution in [-0.2, 0) is 20.8 Å². The fourth-order valence-corrected chi connectivity index (χ4v) is 4.71. The number of hydrogen-bond donors (Lipinski definition) is 2. The van der Waals surface area contributed by atoms with Crippen molar-refractivity contribution in [2.75, 3.05) is 18.4 Å². The molecule has 0 radical (unpaired) electrons. The Morgan fingerprint density at radius 2 is 1.96 bits per heavy atom. The number of piperidine rings is 1. The van der Waals surface area contributed by atoms with Crippen LogP contribution in [0.25, 0.3) is 6.08 Å². The first-order chi connectivity index (χ1) is 13.5. The topological polar surface area (TPSA) is 99.6 Å². The molecule has 1 aliphatic carbocycles. The van der Waals surface area contributed by atoms with Crippen molar-refractivity contribution in [1.82, 2.24) is 9.88 Å². The van der Waals surface area contributed by atoms with Crippen LogP contribution in [0.5, 0.6) is 0 Å². The first-order valence-corrected chi connectivity index (χ1v) is 9.97. The summed E-state index contributed by atoms with van der Waals surface area (Å²) >= 11 is 0. The number of carboxylic acids is 1. The van der Waals surface area contributed by atoms with E-state index in [1.165, 1.54) is 6.08 Å². The standard InChI is InChI=1S/C21H25N3O4/c25-17(26)6-5-14-11-16-12-21(20(28)23-18(16)22-13-14)7-9-24(10-8-21)19(27)15-3-1-2-4-15/h5-6,11,13,15H,1-4,7-10,12H2,(H,25,26)(H,22,23,28)/b6-5+. The molecule has 2 aliphatic heterocycles.